The summed E-state index contributed by atoms with van der Waals surface area (Å²) in [6.45, 7) is 2.67. The van der Waals surface area contributed by atoms with E-state index in [0.29, 0.717) is 40.9 Å². The number of carbonyl (C=O) groups excluding carboxylic acids is 2. The number of ether oxygens (including phenoxy) is 2. The monoisotopic (exact) mass is 436 g/mol. The van der Waals surface area contributed by atoms with Gasteiger partial charge in [0.15, 0.2) is 6.61 Å². The van der Waals surface area contributed by atoms with Gasteiger partial charge in [0.2, 0.25) is 0 Å². The highest BCUT2D eigenvalue weighted by Crippen LogP contribution is 2.34. The van der Waals surface area contributed by atoms with Crippen LogP contribution in [0.25, 0.3) is 0 Å². The number of hydrogen-bond donors (Lipinski definition) is 1. The lowest BCUT2D eigenvalue weighted by Gasteiger charge is -2.29. The van der Waals surface area contributed by atoms with E-state index in [4.69, 9.17) is 21.1 Å². The molecule has 0 saturated heterocycles. The Bertz CT molecular complexity index is 1110. The van der Waals surface area contributed by atoms with Gasteiger partial charge in [-0.15, -0.1) is 0 Å². The Balaban J connectivity index is 1.43. The van der Waals surface area contributed by atoms with Crippen LogP contribution in [0, 0.1) is 6.92 Å². The summed E-state index contributed by atoms with van der Waals surface area (Å²) in [5, 5.41) is 3.40. The molecule has 0 unspecified atom stereocenters. The highest BCUT2D eigenvalue weighted by Gasteiger charge is 2.26. The first kappa shape index (κ1) is 20.8. The van der Waals surface area contributed by atoms with Crippen molar-refractivity contribution < 1.29 is 19.1 Å². The number of carbonyl (C=O) groups is 2. The van der Waals surface area contributed by atoms with Gasteiger partial charge in [-0.05, 0) is 61.0 Å². The number of halogens is 1. The highest BCUT2D eigenvalue weighted by molar-refractivity contribution is 6.30. The number of anilines is 2. The average molecular weight is 437 g/mol. The molecule has 4 rings (SSSR count). The van der Waals surface area contributed by atoms with Gasteiger partial charge in [0.1, 0.15) is 18.1 Å². The summed E-state index contributed by atoms with van der Waals surface area (Å²) in [5.41, 5.74) is 2.82. The minimum atomic E-state index is -0.257. The molecule has 0 atom stereocenters. The molecule has 0 radical (unpaired) electrons. The lowest BCUT2D eigenvalue weighted by Crippen LogP contribution is -2.41. The summed E-state index contributed by atoms with van der Waals surface area (Å²) in [7, 11) is 0. The van der Waals surface area contributed by atoms with Gasteiger partial charge in [-0.3, -0.25) is 9.59 Å². The molecule has 1 aliphatic heterocycles. The quantitative estimate of drug-likeness (QED) is 0.608. The van der Waals surface area contributed by atoms with E-state index < -0.39 is 0 Å². The molecule has 0 bridgehead atoms. The largest absolute Gasteiger partial charge is 0.492 e. The predicted octanol–water partition coefficient (Wildman–Crippen LogP) is 4.71. The molecule has 31 heavy (non-hydrogen) atoms. The van der Waals surface area contributed by atoms with Gasteiger partial charge in [-0.25, -0.2) is 0 Å². The van der Waals surface area contributed by atoms with Crippen molar-refractivity contribution in [3.05, 3.63) is 82.9 Å². The third-order valence-corrected chi connectivity index (χ3v) is 5.09. The Morgan fingerprint density at radius 1 is 1.13 bits per heavy atom. The molecular weight excluding hydrogens is 416 g/mol. The maximum absolute atomic E-state index is 12.4. The Morgan fingerprint density at radius 2 is 1.94 bits per heavy atom. The third kappa shape index (κ3) is 4.98. The van der Waals surface area contributed by atoms with Crippen LogP contribution in [0.5, 0.6) is 11.5 Å². The molecule has 1 heterocycles. The fraction of sp³-hybridized carbons (Fsp3) is 0.167. The van der Waals surface area contributed by atoms with Gasteiger partial charge in [0, 0.05) is 22.3 Å². The van der Waals surface area contributed by atoms with Crippen molar-refractivity contribution >= 4 is 34.8 Å². The van der Waals surface area contributed by atoms with Crippen LogP contribution in [0.3, 0.4) is 0 Å². The Kier molecular flexibility index (Phi) is 6.09. The van der Waals surface area contributed by atoms with E-state index in [1.807, 2.05) is 31.2 Å². The topological polar surface area (TPSA) is 67.9 Å². The maximum Gasteiger partial charge on any atom is 0.265 e. The van der Waals surface area contributed by atoms with Crippen LogP contribution >= 0.6 is 11.6 Å². The summed E-state index contributed by atoms with van der Waals surface area (Å²) in [6, 6.07) is 19.6. The fourth-order valence-electron chi connectivity index (χ4n) is 3.29. The lowest BCUT2D eigenvalue weighted by molar-refractivity contribution is -0.121. The molecular formula is C24H21ClN2O4. The number of nitrogens with one attached hydrogen (secondary N) is 1. The number of amides is 2. The van der Waals surface area contributed by atoms with Gasteiger partial charge >= 0.3 is 0 Å². The maximum atomic E-state index is 12.4. The van der Waals surface area contributed by atoms with E-state index >= 15 is 0 Å². The summed E-state index contributed by atoms with van der Waals surface area (Å²) < 4.78 is 11.4. The molecule has 0 aromatic heterocycles. The predicted molar refractivity (Wildman–Crippen MR) is 120 cm³/mol. The van der Waals surface area contributed by atoms with Crippen LogP contribution in [0.1, 0.15) is 15.9 Å². The first-order valence-electron chi connectivity index (χ1n) is 9.83. The molecule has 0 saturated carbocycles. The number of aryl methyl sites for hydroxylation is 1. The van der Waals surface area contributed by atoms with Gasteiger partial charge in [0.25, 0.3) is 11.8 Å². The number of fused-ring (bicyclic) bond motifs is 1. The van der Waals surface area contributed by atoms with Gasteiger partial charge < -0.3 is 19.7 Å². The Labute approximate surface area is 185 Å². The Hall–Kier alpha value is -3.51. The van der Waals surface area contributed by atoms with Crippen molar-refractivity contribution in [2.75, 3.05) is 30.0 Å². The number of nitrogens with zero attached hydrogens (tertiary/aromatic N) is 1. The van der Waals surface area contributed by atoms with Crippen molar-refractivity contribution in [3.8, 4) is 11.5 Å². The minimum Gasteiger partial charge on any atom is -0.492 e. The molecule has 6 nitrogen and oxygen atoms in total. The zero-order chi connectivity index (χ0) is 21.8. The van der Waals surface area contributed by atoms with E-state index in [2.05, 4.69) is 5.32 Å². The lowest BCUT2D eigenvalue weighted by atomic mass is 10.2. The van der Waals surface area contributed by atoms with E-state index in [0.717, 1.165) is 11.3 Å². The van der Waals surface area contributed by atoms with Crippen molar-refractivity contribution in [1.29, 1.82) is 0 Å². The molecule has 0 spiro atoms. The number of rotatable bonds is 6. The second kappa shape index (κ2) is 9.10. The van der Waals surface area contributed by atoms with E-state index in [-0.39, 0.29) is 18.4 Å². The van der Waals surface area contributed by atoms with E-state index in [9.17, 15) is 9.59 Å². The number of hydrogen-bond acceptors (Lipinski definition) is 4. The molecule has 0 fully saturated rings. The first-order valence-corrected chi connectivity index (χ1v) is 10.2. The van der Waals surface area contributed by atoms with Crippen molar-refractivity contribution in [1.82, 2.24) is 0 Å². The molecule has 7 heteroatoms. The van der Waals surface area contributed by atoms with Crippen LogP contribution in [0.4, 0.5) is 11.4 Å². The molecule has 1 N–H and O–H groups in total. The molecule has 1 aliphatic rings. The summed E-state index contributed by atoms with van der Waals surface area (Å²) in [6.07, 6.45) is 0. The fourth-order valence-corrected chi connectivity index (χ4v) is 3.42. The molecule has 3 aromatic carbocycles. The highest BCUT2D eigenvalue weighted by atomic mass is 35.5. The zero-order valence-corrected chi connectivity index (χ0v) is 17.7. The smallest absolute Gasteiger partial charge is 0.265 e. The first-order chi connectivity index (χ1) is 15.0. The van der Waals surface area contributed by atoms with Crippen molar-refractivity contribution in [2.24, 2.45) is 0 Å². The SMILES string of the molecule is Cc1cccc(OCCN2C(=O)COc3cc(NC(=O)c4ccc(Cl)cc4)ccc32)c1. The van der Waals surface area contributed by atoms with Crippen molar-refractivity contribution in [2.45, 2.75) is 6.92 Å². The second-order valence-corrected chi connectivity index (χ2v) is 7.58. The van der Waals surface area contributed by atoms with Crippen LogP contribution in [0.2, 0.25) is 5.02 Å². The van der Waals surface area contributed by atoms with Gasteiger partial charge in [-0.1, -0.05) is 23.7 Å². The summed E-state index contributed by atoms with van der Waals surface area (Å²) in [4.78, 5) is 26.5. The average Bonchev–Trinajstić information content (AvgIpc) is 2.76. The minimum absolute atomic E-state index is 0.0635. The summed E-state index contributed by atoms with van der Waals surface area (Å²) >= 11 is 5.87. The molecule has 158 valence electrons. The van der Waals surface area contributed by atoms with Crippen LogP contribution in [-0.2, 0) is 4.79 Å². The summed E-state index contributed by atoms with van der Waals surface area (Å²) in [5.74, 6) is 0.899. The van der Waals surface area contributed by atoms with E-state index in [1.54, 1.807) is 47.4 Å². The Morgan fingerprint density at radius 3 is 2.71 bits per heavy atom. The molecule has 3 aromatic rings. The second-order valence-electron chi connectivity index (χ2n) is 7.14. The van der Waals surface area contributed by atoms with Crippen LogP contribution in [0.15, 0.2) is 66.7 Å². The normalized spacial score (nSPS) is 12.7. The van der Waals surface area contributed by atoms with Crippen molar-refractivity contribution in [3.63, 3.8) is 0 Å². The van der Waals surface area contributed by atoms with Crippen LogP contribution < -0.4 is 19.7 Å². The van der Waals surface area contributed by atoms with Crippen LogP contribution in [-0.4, -0.2) is 31.6 Å². The zero-order valence-electron chi connectivity index (χ0n) is 16.9. The third-order valence-electron chi connectivity index (χ3n) is 4.84. The van der Waals surface area contributed by atoms with Gasteiger partial charge in [-0.2, -0.15) is 0 Å². The van der Waals surface area contributed by atoms with Gasteiger partial charge in [0.05, 0.1) is 12.2 Å². The molecule has 0 aliphatic carbocycles. The van der Waals surface area contributed by atoms with E-state index in [1.165, 1.54) is 0 Å². The number of benzene rings is 3. The standard InChI is InChI=1S/C24H21ClN2O4/c1-16-3-2-4-20(13-16)30-12-11-27-21-10-9-19(14-22(21)31-15-23(27)28)26-24(29)17-5-7-18(25)8-6-17/h2-10,13-14H,11-12,15H2,1H3,(H,26,29). The molecule has 2 amide bonds.